The molecule has 0 amide bonds. The van der Waals surface area contributed by atoms with Crippen molar-refractivity contribution in [3.8, 4) is 0 Å². The van der Waals surface area contributed by atoms with Crippen LogP contribution in [0.2, 0.25) is 0 Å². The van der Waals surface area contributed by atoms with Gasteiger partial charge in [-0.15, -0.1) is 0 Å². The van der Waals surface area contributed by atoms with E-state index in [1.54, 1.807) is 0 Å². The Kier molecular flexibility index (Phi) is 9.87. The molecule has 13 heavy (non-hydrogen) atoms. The molecule has 0 aromatic rings. The zero-order valence-electron chi connectivity index (χ0n) is 9.04. The molecule has 0 N–H and O–H groups in total. The Balaban J connectivity index is 3.05. The highest BCUT2D eigenvalue weighted by Gasteiger charge is 2.00. The highest BCUT2D eigenvalue weighted by atomic mass is 16.5. The van der Waals surface area contributed by atoms with Crippen LogP contribution in [0, 0.1) is 0 Å². The van der Waals surface area contributed by atoms with Crippen molar-refractivity contribution < 1.29 is 14.2 Å². The minimum Gasteiger partial charge on any atom is -0.382 e. The summed E-state index contributed by atoms with van der Waals surface area (Å²) >= 11 is 0. The lowest BCUT2D eigenvalue weighted by Crippen LogP contribution is -2.15. The molecule has 0 aliphatic carbocycles. The third-order valence-corrected chi connectivity index (χ3v) is 1.71. The van der Waals surface area contributed by atoms with Crippen molar-refractivity contribution in [3.63, 3.8) is 0 Å². The molecule has 0 spiro atoms. The van der Waals surface area contributed by atoms with Gasteiger partial charge in [0.2, 0.25) is 0 Å². The summed E-state index contributed by atoms with van der Waals surface area (Å²) in [5.41, 5.74) is 0. The predicted octanol–water partition coefficient (Wildman–Crippen LogP) is 1.85. The van der Waals surface area contributed by atoms with Crippen LogP contribution in [0.4, 0.5) is 0 Å². The van der Waals surface area contributed by atoms with Crippen molar-refractivity contribution in [2.45, 2.75) is 33.3 Å². The SMILES string of the molecule is CCOCCOC(C)CCOCC. The largest absolute Gasteiger partial charge is 0.382 e. The summed E-state index contributed by atoms with van der Waals surface area (Å²) < 4.78 is 15.9. The topological polar surface area (TPSA) is 27.7 Å². The van der Waals surface area contributed by atoms with Crippen molar-refractivity contribution in [1.29, 1.82) is 0 Å². The Hall–Kier alpha value is -0.120. The zero-order valence-corrected chi connectivity index (χ0v) is 9.04. The van der Waals surface area contributed by atoms with Crippen LogP contribution in [0.1, 0.15) is 27.2 Å². The minimum absolute atomic E-state index is 0.270. The third-order valence-electron chi connectivity index (χ3n) is 1.71. The quantitative estimate of drug-likeness (QED) is 0.519. The molecular weight excluding hydrogens is 168 g/mol. The Morgan fingerprint density at radius 3 is 2.15 bits per heavy atom. The number of hydrogen-bond donors (Lipinski definition) is 0. The fraction of sp³-hybridized carbons (Fsp3) is 1.00. The smallest absolute Gasteiger partial charge is 0.0704 e. The van der Waals surface area contributed by atoms with Gasteiger partial charge in [0.05, 0.1) is 19.3 Å². The Labute approximate surface area is 81.4 Å². The van der Waals surface area contributed by atoms with Gasteiger partial charge in [-0.3, -0.25) is 0 Å². The normalized spacial score (nSPS) is 13.2. The first kappa shape index (κ1) is 12.9. The van der Waals surface area contributed by atoms with Crippen molar-refractivity contribution in [1.82, 2.24) is 0 Å². The average Bonchev–Trinajstić information content (AvgIpc) is 2.13. The lowest BCUT2D eigenvalue weighted by Gasteiger charge is -2.12. The van der Waals surface area contributed by atoms with Gasteiger partial charge >= 0.3 is 0 Å². The molecule has 3 heteroatoms. The molecule has 0 fully saturated rings. The van der Waals surface area contributed by atoms with E-state index in [1.807, 2.05) is 13.8 Å². The van der Waals surface area contributed by atoms with Crippen molar-refractivity contribution in [2.75, 3.05) is 33.0 Å². The molecule has 1 unspecified atom stereocenters. The molecular formula is C10H22O3. The summed E-state index contributed by atoms with van der Waals surface area (Å²) in [6.45, 7) is 9.75. The van der Waals surface area contributed by atoms with E-state index in [2.05, 4.69) is 6.92 Å². The number of rotatable bonds is 9. The minimum atomic E-state index is 0.270. The second kappa shape index (κ2) is 9.96. The zero-order chi connectivity index (χ0) is 9.94. The first-order chi connectivity index (χ1) is 6.31. The van der Waals surface area contributed by atoms with Gasteiger partial charge in [0, 0.05) is 19.8 Å². The maximum absolute atomic E-state index is 5.49. The Bertz CT molecular complexity index is 96.2. The second-order valence-electron chi connectivity index (χ2n) is 2.86. The summed E-state index contributed by atoms with van der Waals surface area (Å²) in [5.74, 6) is 0. The average molecular weight is 190 g/mol. The fourth-order valence-corrected chi connectivity index (χ4v) is 0.930. The molecule has 0 aliphatic rings. The van der Waals surface area contributed by atoms with E-state index >= 15 is 0 Å². The number of hydrogen-bond acceptors (Lipinski definition) is 3. The van der Waals surface area contributed by atoms with Gasteiger partial charge < -0.3 is 14.2 Å². The summed E-state index contributed by atoms with van der Waals surface area (Å²) in [4.78, 5) is 0. The van der Waals surface area contributed by atoms with Gasteiger partial charge in [0.1, 0.15) is 0 Å². The van der Waals surface area contributed by atoms with Crippen LogP contribution in [0.25, 0.3) is 0 Å². The molecule has 0 heterocycles. The Morgan fingerprint density at radius 1 is 0.923 bits per heavy atom. The van der Waals surface area contributed by atoms with Crippen LogP contribution >= 0.6 is 0 Å². The summed E-state index contributed by atoms with van der Waals surface area (Å²) in [6.07, 6.45) is 1.23. The predicted molar refractivity (Wildman–Crippen MR) is 53.0 cm³/mol. The van der Waals surface area contributed by atoms with Crippen molar-refractivity contribution in [2.24, 2.45) is 0 Å². The van der Waals surface area contributed by atoms with Gasteiger partial charge in [-0.2, -0.15) is 0 Å². The molecule has 0 saturated heterocycles. The first-order valence-corrected chi connectivity index (χ1v) is 5.08. The van der Waals surface area contributed by atoms with Crippen LogP contribution < -0.4 is 0 Å². The molecule has 0 aromatic heterocycles. The lowest BCUT2D eigenvalue weighted by atomic mass is 10.3. The van der Waals surface area contributed by atoms with Crippen molar-refractivity contribution >= 4 is 0 Å². The maximum Gasteiger partial charge on any atom is 0.0704 e. The van der Waals surface area contributed by atoms with Gasteiger partial charge in [-0.05, 0) is 27.2 Å². The lowest BCUT2D eigenvalue weighted by molar-refractivity contribution is -0.000365. The summed E-state index contributed by atoms with van der Waals surface area (Å²) in [7, 11) is 0. The molecule has 0 aliphatic heterocycles. The van der Waals surface area contributed by atoms with Gasteiger partial charge in [-0.25, -0.2) is 0 Å². The highest BCUT2D eigenvalue weighted by molar-refractivity contribution is 4.48. The summed E-state index contributed by atoms with van der Waals surface area (Å²) in [5, 5.41) is 0. The molecule has 0 aromatic carbocycles. The standard InChI is InChI=1S/C10H22O3/c1-4-11-7-6-10(3)13-9-8-12-5-2/h10H,4-9H2,1-3H3. The Morgan fingerprint density at radius 2 is 1.54 bits per heavy atom. The molecule has 0 saturated carbocycles. The van der Waals surface area contributed by atoms with Gasteiger partial charge in [0.25, 0.3) is 0 Å². The van der Waals surface area contributed by atoms with E-state index in [0.29, 0.717) is 13.2 Å². The van der Waals surface area contributed by atoms with Crippen molar-refractivity contribution in [3.05, 3.63) is 0 Å². The monoisotopic (exact) mass is 190 g/mol. The third kappa shape index (κ3) is 9.80. The van der Waals surface area contributed by atoms with Gasteiger partial charge in [-0.1, -0.05) is 0 Å². The molecule has 1 atom stereocenters. The van der Waals surface area contributed by atoms with E-state index in [-0.39, 0.29) is 6.10 Å². The van der Waals surface area contributed by atoms with Crippen LogP contribution in [0.3, 0.4) is 0 Å². The first-order valence-electron chi connectivity index (χ1n) is 5.08. The highest BCUT2D eigenvalue weighted by Crippen LogP contribution is 1.97. The fourth-order valence-electron chi connectivity index (χ4n) is 0.930. The molecule has 0 rings (SSSR count). The summed E-state index contributed by atoms with van der Waals surface area (Å²) in [6, 6.07) is 0. The maximum atomic E-state index is 5.49. The van der Waals surface area contributed by atoms with Gasteiger partial charge in [0.15, 0.2) is 0 Å². The van der Waals surface area contributed by atoms with E-state index in [0.717, 1.165) is 26.2 Å². The van der Waals surface area contributed by atoms with E-state index in [1.165, 1.54) is 0 Å². The van der Waals surface area contributed by atoms with Crippen LogP contribution in [-0.4, -0.2) is 39.1 Å². The molecule has 0 bridgehead atoms. The van der Waals surface area contributed by atoms with Crippen LogP contribution in [0.5, 0.6) is 0 Å². The molecule has 0 radical (unpaired) electrons. The second-order valence-corrected chi connectivity index (χ2v) is 2.86. The van der Waals surface area contributed by atoms with E-state index in [4.69, 9.17) is 14.2 Å². The van der Waals surface area contributed by atoms with Crippen LogP contribution in [0.15, 0.2) is 0 Å². The molecule has 3 nitrogen and oxygen atoms in total. The van der Waals surface area contributed by atoms with Crippen LogP contribution in [-0.2, 0) is 14.2 Å². The van der Waals surface area contributed by atoms with E-state index in [9.17, 15) is 0 Å². The van der Waals surface area contributed by atoms with E-state index < -0.39 is 0 Å². The molecule has 80 valence electrons. The number of ether oxygens (including phenoxy) is 3.